The van der Waals surface area contributed by atoms with Gasteiger partial charge in [0.25, 0.3) is 0 Å². The van der Waals surface area contributed by atoms with Gasteiger partial charge in [-0.25, -0.2) is 9.67 Å². The van der Waals surface area contributed by atoms with Gasteiger partial charge in [0.05, 0.1) is 22.4 Å². The molecule has 0 spiro atoms. The third kappa shape index (κ3) is 6.87. The number of aryl methyl sites for hydroxylation is 1. The predicted molar refractivity (Wildman–Crippen MR) is 241 cm³/mol. The van der Waals surface area contributed by atoms with E-state index in [2.05, 4.69) is 197 Å². The van der Waals surface area contributed by atoms with Crippen LogP contribution in [0.5, 0.6) is 11.5 Å². The fourth-order valence-electron chi connectivity index (χ4n) is 7.90. The second-order valence-corrected chi connectivity index (χ2v) is 17.3. The van der Waals surface area contributed by atoms with Crippen LogP contribution in [0, 0.1) is 6.92 Å². The summed E-state index contributed by atoms with van der Waals surface area (Å²) in [6, 6.07) is 55.6. The molecule has 0 amide bonds. The van der Waals surface area contributed by atoms with Crippen molar-refractivity contribution in [2.24, 2.45) is 0 Å². The van der Waals surface area contributed by atoms with E-state index in [1.165, 1.54) is 16.5 Å². The van der Waals surface area contributed by atoms with E-state index in [1.807, 2.05) is 24.4 Å². The van der Waals surface area contributed by atoms with Crippen LogP contribution < -0.4 is 4.74 Å². The molecular formula is C53H48N4O. The van der Waals surface area contributed by atoms with Gasteiger partial charge >= 0.3 is 0 Å². The Labute approximate surface area is 341 Å². The summed E-state index contributed by atoms with van der Waals surface area (Å²) in [5.74, 6) is 2.34. The van der Waals surface area contributed by atoms with Crippen molar-refractivity contribution in [3.63, 3.8) is 0 Å². The first-order chi connectivity index (χ1) is 27.9. The van der Waals surface area contributed by atoms with Gasteiger partial charge in [-0.3, -0.25) is 4.57 Å². The minimum atomic E-state index is -0.0502. The van der Waals surface area contributed by atoms with Gasteiger partial charge in [-0.15, -0.1) is 0 Å². The first kappa shape index (κ1) is 36.9. The summed E-state index contributed by atoms with van der Waals surface area (Å²) in [6.45, 7) is 15.9. The molecule has 9 aromatic rings. The van der Waals surface area contributed by atoms with E-state index < -0.39 is 0 Å². The monoisotopic (exact) mass is 756 g/mol. The molecule has 0 bridgehead atoms. The van der Waals surface area contributed by atoms with Gasteiger partial charge in [0.15, 0.2) is 0 Å². The minimum absolute atomic E-state index is 0.0502. The molecule has 5 heteroatoms. The Morgan fingerprint density at radius 3 is 1.84 bits per heavy atom. The Morgan fingerprint density at radius 1 is 0.517 bits per heavy atom. The highest BCUT2D eigenvalue weighted by atomic mass is 16.5. The number of pyridine rings is 1. The maximum atomic E-state index is 6.74. The molecule has 3 aromatic heterocycles. The standard InChI is InChI=1S/C53H48N4O/c1-35-27-28-54-48(29-35)56-46-24-15-14-23-44(46)45-26-25-43(34-47(45)56)58-42-22-16-21-41(33-42)57-51(37-19-12-9-13-20-37)49(50(55-57)36-17-10-8-11-18-36)38-30-39(52(2,3)4)32-40(31-38)53(5,6)7/h8-34H,1-7H3. The van der Waals surface area contributed by atoms with Gasteiger partial charge in [0.1, 0.15) is 23.0 Å². The third-order valence-electron chi connectivity index (χ3n) is 11.0. The highest BCUT2D eigenvalue weighted by molar-refractivity contribution is 6.09. The molecule has 58 heavy (non-hydrogen) atoms. The molecule has 6 aromatic carbocycles. The molecule has 0 saturated heterocycles. The maximum Gasteiger partial charge on any atom is 0.137 e. The van der Waals surface area contributed by atoms with E-state index in [4.69, 9.17) is 14.8 Å². The van der Waals surface area contributed by atoms with E-state index >= 15 is 0 Å². The van der Waals surface area contributed by atoms with Crippen molar-refractivity contribution in [2.75, 3.05) is 0 Å². The van der Waals surface area contributed by atoms with Gasteiger partial charge in [0.2, 0.25) is 0 Å². The van der Waals surface area contributed by atoms with Crippen molar-refractivity contribution in [3.8, 4) is 56.6 Å². The quantitative estimate of drug-likeness (QED) is 0.163. The van der Waals surface area contributed by atoms with Crippen molar-refractivity contribution in [1.29, 1.82) is 0 Å². The zero-order valence-corrected chi connectivity index (χ0v) is 34.3. The molecule has 0 aliphatic carbocycles. The number of ether oxygens (including phenoxy) is 1. The average Bonchev–Trinajstić information content (AvgIpc) is 3.78. The summed E-state index contributed by atoms with van der Waals surface area (Å²) < 4.78 is 11.1. The van der Waals surface area contributed by atoms with Crippen molar-refractivity contribution in [1.82, 2.24) is 19.3 Å². The van der Waals surface area contributed by atoms with Crippen LogP contribution in [0.3, 0.4) is 0 Å². The van der Waals surface area contributed by atoms with E-state index in [0.29, 0.717) is 0 Å². The Bertz CT molecular complexity index is 2910. The van der Waals surface area contributed by atoms with Crippen molar-refractivity contribution >= 4 is 21.8 Å². The van der Waals surface area contributed by atoms with Gasteiger partial charge in [0, 0.05) is 45.8 Å². The average molecular weight is 757 g/mol. The highest BCUT2D eigenvalue weighted by Crippen LogP contribution is 2.44. The number of hydrogen-bond acceptors (Lipinski definition) is 3. The molecule has 0 fully saturated rings. The Balaban J connectivity index is 1.22. The molecule has 3 heterocycles. The molecule has 5 nitrogen and oxygen atoms in total. The Hall–Kier alpha value is -6.72. The number of fused-ring (bicyclic) bond motifs is 3. The molecule has 0 atom stereocenters. The van der Waals surface area contributed by atoms with Crippen LogP contribution in [0.15, 0.2) is 164 Å². The Morgan fingerprint density at radius 2 is 1.16 bits per heavy atom. The van der Waals surface area contributed by atoms with Crippen molar-refractivity contribution < 1.29 is 4.74 Å². The predicted octanol–water partition coefficient (Wildman–Crippen LogP) is 14.1. The molecule has 286 valence electrons. The SMILES string of the molecule is Cc1ccnc(-n2c3ccccc3c3ccc(Oc4cccc(-n5nc(-c6ccccc6)c(-c6cc(C(C)(C)C)cc(C(C)(C)C)c6)c5-c5ccccc5)c4)cc32)c1. The van der Waals surface area contributed by atoms with Crippen LogP contribution in [0.1, 0.15) is 58.2 Å². The number of rotatable bonds is 7. The molecule has 0 N–H and O–H groups in total. The van der Waals surface area contributed by atoms with E-state index in [9.17, 15) is 0 Å². The molecule has 0 aliphatic rings. The van der Waals surface area contributed by atoms with Gasteiger partial charge in [-0.1, -0.05) is 145 Å². The van der Waals surface area contributed by atoms with Crippen molar-refractivity contribution in [2.45, 2.75) is 59.3 Å². The zero-order chi connectivity index (χ0) is 40.2. The molecule has 0 saturated carbocycles. The lowest BCUT2D eigenvalue weighted by Gasteiger charge is -2.26. The zero-order valence-electron chi connectivity index (χ0n) is 34.3. The largest absolute Gasteiger partial charge is 0.457 e. The van der Waals surface area contributed by atoms with Gasteiger partial charge in [-0.2, -0.15) is 5.10 Å². The molecular weight excluding hydrogens is 709 g/mol. The summed E-state index contributed by atoms with van der Waals surface area (Å²) in [7, 11) is 0. The van der Waals surface area contributed by atoms with Crippen LogP contribution in [-0.2, 0) is 10.8 Å². The van der Waals surface area contributed by atoms with Crippen molar-refractivity contribution in [3.05, 3.63) is 181 Å². The first-order valence-electron chi connectivity index (χ1n) is 20.1. The normalized spacial score (nSPS) is 12.1. The topological polar surface area (TPSA) is 44.9 Å². The minimum Gasteiger partial charge on any atom is -0.457 e. The molecule has 9 rings (SSSR count). The highest BCUT2D eigenvalue weighted by Gasteiger charge is 2.27. The van der Waals surface area contributed by atoms with E-state index in [-0.39, 0.29) is 10.8 Å². The summed E-state index contributed by atoms with van der Waals surface area (Å²) in [4.78, 5) is 4.77. The number of benzene rings is 6. The summed E-state index contributed by atoms with van der Waals surface area (Å²) in [6.07, 6.45) is 1.87. The lowest BCUT2D eigenvalue weighted by atomic mass is 9.78. The molecule has 0 radical (unpaired) electrons. The second kappa shape index (κ2) is 14.3. The van der Waals surface area contributed by atoms with Crippen LogP contribution in [-0.4, -0.2) is 19.3 Å². The summed E-state index contributed by atoms with van der Waals surface area (Å²) >= 11 is 0. The van der Waals surface area contributed by atoms with Gasteiger partial charge < -0.3 is 4.74 Å². The van der Waals surface area contributed by atoms with Crippen LogP contribution in [0.25, 0.3) is 67.0 Å². The summed E-state index contributed by atoms with van der Waals surface area (Å²) in [5, 5.41) is 7.83. The van der Waals surface area contributed by atoms with Gasteiger partial charge in [-0.05, 0) is 82.5 Å². The Kier molecular flexibility index (Phi) is 9.12. The number of nitrogens with zero attached hydrogens (tertiary/aromatic N) is 4. The number of para-hydroxylation sites is 1. The summed E-state index contributed by atoms with van der Waals surface area (Å²) in [5.41, 5.74) is 13.1. The van der Waals surface area contributed by atoms with E-state index in [0.717, 1.165) is 78.6 Å². The molecule has 0 aliphatic heterocycles. The maximum absolute atomic E-state index is 6.74. The lowest BCUT2D eigenvalue weighted by molar-refractivity contribution is 0.483. The van der Waals surface area contributed by atoms with Crippen LogP contribution in [0.2, 0.25) is 0 Å². The number of aromatic nitrogens is 4. The second-order valence-electron chi connectivity index (χ2n) is 17.3. The number of hydrogen-bond donors (Lipinski definition) is 0. The smallest absolute Gasteiger partial charge is 0.137 e. The fourth-order valence-corrected chi connectivity index (χ4v) is 7.90. The first-order valence-corrected chi connectivity index (χ1v) is 20.1. The van der Waals surface area contributed by atoms with Crippen LogP contribution >= 0.6 is 0 Å². The third-order valence-corrected chi connectivity index (χ3v) is 11.0. The van der Waals surface area contributed by atoms with E-state index in [1.54, 1.807) is 0 Å². The lowest BCUT2D eigenvalue weighted by Crippen LogP contribution is -2.16. The fraction of sp³-hybridized carbons (Fsp3) is 0.170. The molecule has 0 unspecified atom stereocenters. The van der Waals surface area contributed by atoms with Crippen LogP contribution in [0.4, 0.5) is 0 Å².